The first-order valence-corrected chi connectivity index (χ1v) is 6.65. The van der Waals surface area contributed by atoms with Gasteiger partial charge in [-0.1, -0.05) is 30.3 Å². The lowest BCUT2D eigenvalue weighted by Gasteiger charge is -2.16. The number of carbonyl (C=O) groups is 1. The summed E-state index contributed by atoms with van der Waals surface area (Å²) in [4.78, 5) is 12.1. The molecule has 5 heteroatoms. The number of rotatable bonds is 5. The highest BCUT2D eigenvalue weighted by atomic mass is 35.5. The molecule has 1 aromatic heterocycles. The Kier molecular flexibility index (Phi) is 4.58. The van der Waals surface area contributed by atoms with Gasteiger partial charge in [-0.25, -0.2) is 0 Å². The van der Waals surface area contributed by atoms with Crippen LogP contribution < -0.4 is 5.32 Å². The number of amides is 1. The number of nitrogens with one attached hydrogen (secondary N) is 2. The summed E-state index contributed by atoms with van der Waals surface area (Å²) in [5.41, 5.74) is 2.46. The van der Waals surface area contributed by atoms with Crippen LogP contribution in [0.15, 0.2) is 36.5 Å². The molecule has 19 heavy (non-hydrogen) atoms. The third-order valence-electron chi connectivity index (χ3n) is 2.92. The summed E-state index contributed by atoms with van der Waals surface area (Å²) in [6.07, 6.45) is 2.24. The topological polar surface area (TPSA) is 57.8 Å². The predicted octanol–water partition coefficient (Wildman–Crippen LogP) is 2.30. The zero-order valence-corrected chi connectivity index (χ0v) is 11.4. The number of halogens is 1. The van der Waals surface area contributed by atoms with E-state index in [9.17, 15) is 4.79 Å². The summed E-state index contributed by atoms with van der Waals surface area (Å²) in [6, 6.07) is 9.87. The highest BCUT2D eigenvalue weighted by Gasteiger charge is 2.16. The van der Waals surface area contributed by atoms with Gasteiger partial charge in [0.2, 0.25) is 0 Å². The Morgan fingerprint density at radius 1 is 1.42 bits per heavy atom. The van der Waals surface area contributed by atoms with Crippen molar-refractivity contribution in [2.24, 2.45) is 0 Å². The second-order valence-corrected chi connectivity index (χ2v) is 4.73. The van der Waals surface area contributed by atoms with Crippen LogP contribution in [0, 0.1) is 6.92 Å². The largest absolute Gasteiger partial charge is 0.348 e. The van der Waals surface area contributed by atoms with Crippen molar-refractivity contribution in [2.45, 2.75) is 19.4 Å². The lowest BCUT2D eigenvalue weighted by molar-refractivity contribution is 0.0940. The molecule has 2 aromatic rings. The minimum Gasteiger partial charge on any atom is -0.348 e. The second-order valence-electron chi connectivity index (χ2n) is 4.42. The van der Waals surface area contributed by atoms with Crippen LogP contribution in [-0.2, 0) is 6.42 Å². The minimum atomic E-state index is -0.146. The molecule has 0 aliphatic carbocycles. The maximum atomic E-state index is 12.1. The number of hydrogen-bond donors (Lipinski definition) is 2. The summed E-state index contributed by atoms with van der Waals surface area (Å²) < 4.78 is 0. The zero-order chi connectivity index (χ0) is 13.7. The highest BCUT2D eigenvalue weighted by molar-refractivity contribution is 6.18. The van der Waals surface area contributed by atoms with E-state index in [4.69, 9.17) is 11.6 Å². The van der Waals surface area contributed by atoms with Gasteiger partial charge < -0.3 is 5.32 Å². The lowest BCUT2D eigenvalue weighted by atomic mass is 10.1. The van der Waals surface area contributed by atoms with E-state index in [-0.39, 0.29) is 11.9 Å². The number of nitrogens with zero attached hydrogens (tertiary/aromatic N) is 1. The first-order valence-electron chi connectivity index (χ1n) is 6.11. The van der Waals surface area contributed by atoms with Crippen molar-refractivity contribution >= 4 is 17.5 Å². The summed E-state index contributed by atoms with van der Waals surface area (Å²) >= 11 is 5.92. The van der Waals surface area contributed by atoms with E-state index in [1.54, 1.807) is 0 Å². The Labute approximate surface area is 117 Å². The van der Waals surface area contributed by atoms with E-state index < -0.39 is 0 Å². The predicted molar refractivity (Wildman–Crippen MR) is 75.4 cm³/mol. The monoisotopic (exact) mass is 277 g/mol. The summed E-state index contributed by atoms with van der Waals surface area (Å²) in [7, 11) is 0. The molecule has 4 nitrogen and oxygen atoms in total. The Balaban J connectivity index is 2.00. The van der Waals surface area contributed by atoms with Crippen LogP contribution in [0.25, 0.3) is 0 Å². The molecule has 1 atom stereocenters. The summed E-state index contributed by atoms with van der Waals surface area (Å²) in [5, 5.41) is 9.52. The number of aromatic nitrogens is 2. The van der Waals surface area contributed by atoms with Crippen molar-refractivity contribution in [2.75, 3.05) is 5.88 Å². The van der Waals surface area contributed by atoms with Gasteiger partial charge in [0, 0.05) is 17.6 Å². The fourth-order valence-electron chi connectivity index (χ4n) is 1.89. The number of aromatic amines is 1. The Hall–Kier alpha value is -1.81. The molecule has 0 aliphatic heterocycles. The first-order chi connectivity index (χ1) is 9.20. The van der Waals surface area contributed by atoms with Crippen LogP contribution >= 0.6 is 11.6 Å². The quantitative estimate of drug-likeness (QED) is 0.824. The normalized spacial score (nSPS) is 12.1. The molecule has 1 aromatic carbocycles. The van der Waals surface area contributed by atoms with Gasteiger partial charge in [0.1, 0.15) is 0 Å². The molecule has 0 aliphatic rings. The van der Waals surface area contributed by atoms with Crippen LogP contribution in [0.3, 0.4) is 0 Å². The second kappa shape index (κ2) is 6.38. The smallest absolute Gasteiger partial charge is 0.255 e. The SMILES string of the molecule is Cc1[nH]ncc1C(=O)NC(CCl)Cc1ccccc1. The fourth-order valence-corrected chi connectivity index (χ4v) is 2.07. The van der Waals surface area contributed by atoms with E-state index in [2.05, 4.69) is 15.5 Å². The molecule has 0 fully saturated rings. The number of benzene rings is 1. The molecular weight excluding hydrogens is 262 g/mol. The van der Waals surface area contributed by atoms with E-state index in [1.165, 1.54) is 6.20 Å². The lowest BCUT2D eigenvalue weighted by Crippen LogP contribution is -2.37. The number of aryl methyl sites for hydroxylation is 1. The number of H-pyrrole nitrogens is 1. The van der Waals surface area contributed by atoms with Gasteiger partial charge in [0.15, 0.2) is 0 Å². The molecule has 0 bridgehead atoms. The molecule has 0 radical (unpaired) electrons. The van der Waals surface area contributed by atoms with Crippen LogP contribution in [-0.4, -0.2) is 28.0 Å². The van der Waals surface area contributed by atoms with Gasteiger partial charge in [-0.05, 0) is 18.9 Å². The van der Waals surface area contributed by atoms with Gasteiger partial charge >= 0.3 is 0 Å². The highest BCUT2D eigenvalue weighted by Crippen LogP contribution is 2.07. The number of carbonyl (C=O) groups excluding carboxylic acids is 1. The molecule has 0 spiro atoms. The van der Waals surface area contributed by atoms with Gasteiger partial charge in [-0.15, -0.1) is 11.6 Å². The standard InChI is InChI=1S/C14H16ClN3O/c1-10-13(9-16-18-10)14(19)17-12(8-15)7-11-5-3-2-4-6-11/h2-6,9,12H,7-8H2,1H3,(H,16,18)(H,17,19). The first kappa shape index (κ1) is 13.6. The average molecular weight is 278 g/mol. The molecule has 0 saturated heterocycles. The average Bonchev–Trinajstić information content (AvgIpc) is 2.85. The van der Waals surface area contributed by atoms with Crippen LogP contribution in [0.5, 0.6) is 0 Å². The van der Waals surface area contributed by atoms with Crippen molar-refractivity contribution in [3.05, 3.63) is 53.3 Å². The summed E-state index contributed by atoms with van der Waals surface area (Å²) in [5.74, 6) is 0.227. The van der Waals surface area contributed by atoms with Gasteiger partial charge in [0.25, 0.3) is 5.91 Å². The van der Waals surface area contributed by atoms with Crippen molar-refractivity contribution in [1.29, 1.82) is 0 Å². The van der Waals surface area contributed by atoms with Crippen LogP contribution in [0.2, 0.25) is 0 Å². The van der Waals surface area contributed by atoms with Crippen molar-refractivity contribution in [3.63, 3.8) is 0 Å². The number of alkyl halides is 1. The van der Waals surface area contributed by atoms with E-state index >= 15 is 0 Å². The number of hydrogen-bond acceptors (Lipinski definition) is 2. The van der Waals surface area contributed by atoms with Crippen molar-refractivity contribution in [3.8, 4) is 0 Å². The molecule has 100 valence electrons. The van der Waals surface area contributed by atoms with Gasteiger partial charge in [-0.2, -0.15) is 5.10 Å². The Morgan fingerprint density at radius 2 is 2.16 bits per heavy atom. The Bertz CT molecular complexity index is 539. The summed E-state index contributed by atoms with van der Waals surface area (Å²) in [6.45, 7) is 1.81. The van der Waals surface area contributed by atoms with Crippen LogP contribution in [0.1, 0.15) is 21.6 Å². The van der Waals surface area contributed by atoms with Crippen molar-refractivity contribution < 1.29 is 4.79 Å². The Morgan fingerprint density at radius 3 is 2.74 bits per heavy atom. The molecular formula is C14H16ClN3O. The van der Waals surface area contributed by atoms with E-state index in [0.29, 0.717) is 17.9 Å². The molecule has 1 unspecified atom stereocenters. The maximum Gasteiger partial charge on any atom is 0.255 e. The third kappa shape index (κ3) is 3.58. The zero-order valence-electron chi connectivity index (χ0n) is 10.7. The molecule has 2 N–H and O–H groups in total. The van der Waals surface area contributed by atoms with Gasteiger partial charge in [-0.3, -0.25) is 9.89 Å². The van der Waals surface area contributed by atoms with Crippen LogP contribution in [0.4, 0.5) is 0 Å². The molecule has 1 heterocycles. The van der Waals surface area contributed by atoms with E-state index in [1.807, 2.05) is 37.3 Å². The van der Waals surface area contributed by atoms with E-state index in [0.717, 1.165) is 11.3 Å². The van der Waals surface area contributed by atoms with Crippen molar-refractivity contribution in [1.82, 2.24) is 15.5 Å². The fraction of sp³-hybridized carbons (Fsp3) is 0.286. The maximum absolute atomic E-state index is 12.1. The van der Waals surface area contributed by atoms with Gasteiger partial charge in [0.05, 0.1) is 11.8 Å². The molecule has 2 rings (SSSR count). The third-order valence-corrected chi connectivity index (χ3v) is 3.29. The molecule has 0 saturated carbocycles. The molecule has 1 amide bonds. The minimum absolute atomic E-state index is 0.0918.